The highest BCUT2D eigenvalue weighted by Crippen LogP contribution is 2.09. The third kappa shape index (κ3) is 4.06. The summed E-state index contributed by atoms with van der Waals surface area (Å²) in [6.45, 7) is 0.664. The lowest BCUT2D eigenvalue weighted by Crippen LogP contribution is -2.32. The van der Waals surface area contributed by atoms with E-state index in [-0.39, 0.29) is 37.4 Å². The van der Waals surface area contributed by atoms with Crippen molar-refractivity contribution in [1.82, 2.24) is 10.2 Å². The van der Waals surface area contributed by atoms with Crippen LogP contribution in [0.4, 0.5) is 4.79 Å². The van der Waals surface area contributed by atoms with Crippen LogP contribution in [0.1, 0.15) is 17.7 Å². The molecule has 1 aliphatic rings. The molecule has 0 aliphatic carbocycles. The van der Waals surface area contributed by atoms with Gasteiger partial charge in [-0.2, -0.15) is 0 Å². The van der Waals surface area contributed by atoms with Crippen molar-refractivity contribution in [2.24, 2.45) is 0 Å². The van der Waals surface area contributed by atoms with Crippen molar-refractivity contribution in [3.63, 3.8) is 0 Å². The third-order valence-electron chi connectivity index (χ3n) is 2.89. The van der Waals surface area contributed by atoms with Crippen molar-refractivity contribution in [2.45, 2.75) is 19.3 Å². The molecule has 2 rings (SSSR count). The molecule has 1 aromatic heterocycles. The molecule has 1 aromatic rings. The first-order chi connectivity index (χ1) is 9.66. The molecule has 7 heteroatoms. The second kappa shape index (κ2) is 7.04. The van der Waals surface area contributed by atoms with Crippen LogP contribution in [-0.2, 0) is 20.7 Å². The van der Waals surface area contributed by atoms with Crippen LogP contribution in [0.25, 0.3) is 0 Å². The van der Waals surface area contributed by atoms with Gasteiger partial charge in [0.1, 0.15) is 0 Å². The number of ether oxygens (including phenoxy) is 1. The summed E-state index contributed by atoms with van der Waals surface area (Å²) in [6.07, 6.45) is 1.36. The Kier molecular flexibility index (Phi) is 5.11. The van der Waals surface area contributed by atoms with Crippen molar-refractivity contribution in [3.8, 4) is 0 Å². The third-order valence-corrected chi connectivity index (χ3v) is 3.83. The van der Waals surface area contributed by atoms with Crippen LogP contribution >= 0.6 is 11.3 Å². The highest BCUT2D eigenvalue weighted by Gasteiger charge is 2.27. The molecule has 0 radical (unpaired) electrons. The van der Waals surface area contributed by atoms with E-state index >= 15 is 0 Å². The Hall–Kier alpha value is -1.89. The number of nitrogens with zero attached hydrogens (tertiary/aromatic N) is 1. The van der Waals surface area contributed by atoms with Gasteiger partial charge in [-0.25, -0.2) is 4.79 Å². The molecule has 6 nitrogen and oxygen atoms in total. The number of hydrogen-bond acceptors (Lipinski definition) is 5. The number of urea groups is 1. The molecule has 0 aromatic carbocycles. The van der Waals surface area contributed by atoms with Gasteiger partial charge in [0.05, 0.1) is 13.2 Å². The molecule has 0 spiro atoms. The van der Waals surface area contributed by atoms with Crippen LogP contribution in [0, 0.1) is 0 Å². The summed E-state index contributed by atoms with van der Waals surface area (Å²) >= 11 is 1.63. The smallest absolute Gasteiger partial charge is 0.324 e. The molecule has 1 N–H and O–H groups in total. The number of rotatable bonds is 7. The highest BCUT2D eigenvalue weighted by molar-refractivity contribution is 7.09. The first-order valence-electron chi connectivity index (χ1n) is 6.43. The molecule has 20 heavy (non-hydrogen) atoms. The number of imide groups is 1. The predicted molar refractivity (Wildman–Crippen MR) is 73.3 cm³/mol. The lowest BCUT2D eigenvalue weighted by Gasteiger charge is -2.11. The Morgan fingerprint density at radius 2 is 2.30 bits per heavy atom. The second-order valence-electron chi connectivity index (χ2n) is 4.36. The minimum absolute atomic E-state index is 0.0457. The van der Waals surface area contributed by atoms with Crippen molar-refractivity contribution in [3.05, 3.63) is 22.4 Å². The van der Waals surface area contributed by atoms with Gasteiger partial charge in [-0.05, 0) is 17.9 Å². The molecule has 1 fully saturated rings. The van der Waals surface area contributed by atoms with E-state index in [2.05, 4.69) is 5.32 Å². The van der Waals surface area contributed by atoms with Crippen molar-refractivity contribution >= 4 is 29.2 Å². The number of esters is 1. The molecule has 0 unspecified atom stereocenters. The van der Waals surface area contributed by atoms with Crippen LogP contribution < -0.4 is 5.32 Å². The lowest BCUT2D eigenvalue weighted by atomic mass is 10.3. The number of carbonyl (C=O) groups excluding carboxylic acids is 3. The van der Waals surface area contributed by atoms with Crippen LogP contribution in [0.15, 0.2) is 17.5 Å². The predicted octanol–water partition coefficient (Wildman–Crippen LogP) is 1.17. The van der Waals surface area contributed by atoms with E-state index in [1.807, 2.05) is 17.5 Å². The van der Waals surface area contributed by atoms with Gasteiger partial charge in [0.25, 0.3) is 0 Å². The average Bonchev–Trinajstić information content (AvgIpc) is 3.03. The first kappa shape index (κ1) is 14.5. The SMILES string of the molecule is O=C(CCCN1C(=O)CNC1=O)OCCc1cccs1. The number of thiophene rings is 1. The topological polar surface area (TPSA) is 75.7 Å². The van der Waals surface area contributed by atoms with Crippen molar-refractivity contribution < 1.29 is 19.1 Å². The van der Waals surface area contributed by atoms with E-state index < -0.39 is 0 Å². The Labute approximate surface area is 120 Å². The summed E-state index contributed by atoms with van der Waals surface area (Å²) in [5.74, 6) is -0.547. The Morgan fingerprint density at radius 3 is 2.95 bits per heavy atom. The number of amides is 3. The Bertz CT molecular complexity index is 471. The summed E-state index contributed by atoms with van der Waals surface area (Å²) in [5.41, 5.74) is 0. The minimum Gasteiger partial charge on any atom is -0.465 e. The highest BCUT2D eigenvalue weighted by atomic mass is 32.1. The molecule has 1 aliphatic heterocycles. The molecule has 3 amide bonds. The van der Waals surface area contributed by atoms with Crippen LogP contribution in [0.3, 0.4) is 0 Å². The monoisotopic (exact) mass is 296 g/mol. The largest absolute Gasteiger partial charge is 0.465 e. The number of hydrogen-bond donors (Lipinski definition) is 1. The van der Waals surface area contributed by atoms with Gasteiger partial charge in [-0.1, -0.05) is 6.07 Å². The lowest BCUT2D eigenvalue weighted by molar-refractivity contribution is -0.144. The molecular weight excluding hydrogens is 280 g/mol. The number of carbonyl (C=O) groups is 3. The molecule has 0 saturated carbocycles. The fourth-order valence-electron chi connectivity index (χ4n) is 1.86. The van der Waals surface area contributed by atoms with Gasteiger partial charge < -0.3 is 10.1 Å². The summed E-state index contributed by atoms with van der Waals surface area (Å²) in [7, 11) is 0. The van der Waals surface area contributed by atoms with Crippen LogP contribution in [0.2, 0.25) is 0 Å². The van der Waals surface area contributed by atoms with Crippen LogP contribution in [-0.4, -0.2) is 42.5 Å². The first-order valence-corrected chi connectivity index (χ1v) is 7.31. The zero-order valence-electron chi connectivity index (χ0n) is 11.0. The molecular formula is C13H16N2O4S. The maximum absolute atomic E-state index is 11.5. The molecule has 0 bridgehead atoms. The standard InChI is InChI=1S/C13H16N2O4S/c16-11-9-14-13(18)15(11)6-1-4-12(17)19-7-5-10-3-2-8-20-10/h2-3,8H,1,4-7,9H2,(H,14,18). The molecule has 2 heterocycles. The van der Waals surface area contributed by atoms with E-state index in [0.717, 1.165) is 11.3 Å². The quantitative estimate of drug-likeness (QED) is 0.605. The fraction of sp³-hybridized carbons (Fsp3) is 0.462. The Morgan fingerprint density at radius 1 is 1.45 bits per heavy atom. The van der Waals surface area contributed by atoms with E-state index in [1.165, 1.54) is 4.88 Å². The van der Waals surface area contributed by atoms with E-state index in [4.69, 9.17) is 4.74 Å². The fourth-order valence-corrected chi connectivity index (χ4v) is 2.55. The van der Waals surface area contributed by atoms with E-state index in [1.54, 1.807) is 11.3 Å². The maximum Gasteiger partial charge on any atom is 0.324 e. The van der Waals surface area contributed by atoms with Gasteiger partial charge in [-0.3, -0.25) is 14.5 Å². The average molecular weight is 296 g/mol. The van der Waals surface area contributed by atoms with Gasteiger partial charge in [0, 0.05) is 24.3 Å². The summed E-state index contributed by atoms with van der Waals surface area (Å²) in [5, 5.41) is 4.41. The Balaban J connectivity index is 1.58. The normalized spacial score (nSPS) is 14.5. The zero-order valence-corrected chi connectivity index (χ0v) is 11.8. The molecule has 108 valence electrons. The minimum atomic E-state index is -0.388. The second-order valence-corrected chi connectivity index (χ2v) is 5.39. The van der Waals surface area contributed by atoms with Gasteiger partial charge in [0.2, 0.25) is 5.91 Å². The van der Waals surface area contributed by atoms with E-state index in [9.17, 15) is 14.4 Å². The summed E-state index contributed by atoms with van der Waals surface area (Å²) < 4.78 is 5.10. The number of nitrogens with one attached hydrogen (secondary N) is 1. The molecule has 1 saturated heterocycles. The van der Waals surface area contributed by atoms with Gasteiger partial charge >= 0.3 is 12.0 Å². The summed E-state index contributed by atoms with van der Waals surface area (Å²) in [4.78, 5) is 36.3. The van der Waals surface area contributed by atoms with E-state index in [0.29, 0.717) is 13.0 Å². The van der Waals surface area contributed by atoms with Gasteiger partial charge in [-0.15, -0.1) is 11.3 Å². The molecule has 0 atom stereocenters. The van der Waals surface area contributed by atoms with Crippen molar-refractivity contribution in [1.29, 1.82) is 0 Å². The van der Waals surface area contributed by atoms with Crippen LogP contribution in [0.5, 0.6) is 0 Å². The maximum atomic E-state index is 11.5. The zero-order chi connectivity index (χ0) is 14.4. The summed E-state index contributed by atoms with van der Waals surface area (Å²) in [6, 6.07) is 3.57. The van der Waals surface area contributed by atoms with Gasteiger partial charge in [0.15, 0.2) is 0 Å². The van der Waals surface area contributed by atoms with Crippen molar-refractivity contribution in [2.75, 3.05) is 19.7 Å².